The molecular formula is C15H16N2O3S. The van der Waals surface area contributed by atoms with Crippen molar-refractivity contribution in [2.45, 2.75) is 13.5 Å². The number of aromatic nitrogens is 1. The quantitative estimate of drug-likeness (QED) is 0.819. The van der Waals surface area contributed by atoms with Crippen LogP contribution < -0.4 is 9.47 Å². The predicted molar refractivity (Wildman–Crippen MR) is 80.7 cm³/mol. The number of ether oxygens (including phenoxy) is 3. The highest BCUT2D eigenvalue weighted by molar-refractivity contribution is 7.15. The summed E-state index contributed by atoms with van der Waals surface area (Å²) < 4.78 is 15.9. The Bertz CT molecular complexity index is 661. The van der Waals surface area contributed by atoms with Gasteiger partial charge in [0.05, 0.1) is 26.0 Å². The lowest BCUT2D eigenvalue weighted by molar-refractivity contribution is 0.182. The molecule has 1 heterocycles. The number of hydrogen-bond acceptors (Lipinski definition) is 6. The van der Waals surface area contributed by atoms with Crippen molar-refractivity contribution in [1.29, 1.82) is 5.26 Å². The molecule has 6 heteroatoms. The first kappa shape index (κ1) is 15.3. The van der Waals surface area contributed by atoms with Gasteiger partial charge >= 0.3 is 0 Å². The van der Waals surface area contributed by atoms with Crippen LogP contribution in [-0.2, 0) is 11.3 Å². The van der Waals surface area contributed by atoms with E-state index in [1.807, 2.05) is 25.1 Å². The Kier molecular flexibility index (Phi) is 5.14. The molecule has 0 saturated carbocycles. The van der Waals surface area contributed by atoms with Gasteiger partial charge in [-0.15, -0.1) is 11.3 Å². The Morgan fingerprint density at radius 2 is 2.10 bits per heavy atom. The summed E-state index contributed by atoms with van der Waals surface area (Å²) in [7, 11) is 3.18. The monoisotopic (exact) mass is 304 g/mol. The van der Waals surface area contributed by atoms with E-state index in [0.29, 0.717) is 35.3 Å². The van der Waals surface area contributed by atoms with Crippen molar-refractivity contribution in [1.82, 2.24) is 4.98 Å². The molecule has 0 radical (unpaired) electrons. The van der Waals surface area contributed by atoms with Crippen molar-refractivity contribution in [2.75, 3.05) is 20.8 Å². The number of nitrogens with zero attached hydrogens (tertiary/aromatic N) is 2. The lowest BCUT2D eigenvalue weighted by Gasteiger charge is -2.09. The highest BCUT2D eigenvalue weighted by Gasteiger charge is 2.14. The molecular weight excluding hydrogens is 288 g/mol. The van der Waals surface area contributed by atoms with Crippen LogP contribution >= 0.6 is 11.3 Å². The van der Waals surface area contributed by atoms with Gasteiger partial charge < -0.3 is 14.2 Å². The van der Waals surface area contributed by atoms with E-state index in [9.17, 15) is 0 Å². The maximum atomic E-state index is 9.14. The van der Waals surface area contributed by atoms with Crippen LogP contribution in [0.1, 0.15) is 17.5 Å². The molecule has 1 aromatic heterocycles. The summed E-state index contributed by atoms with van der Waals surface area (Å²) in [5.74, 6) is 1.34. The number of thiazole rings is 1. The fourth-order valence-electron chi connectivity index (χ4n) is 1.87. The van der Waals surface area contributed by atoms with Gasteiger partial charge in [-0.2, -0.15) is 5.26 Å². The first-order chi connectivity index (χ1) is 10.2. The molecule has 0 amide bonds. The van der Waals surface area contributed by atoms with E-state index in [0.717, 1.165) is 10.6 Å². The Morgan fingerprint density at radius 1 is 1.29 bits per heavy atom. The number of methoxy groups -OCH3 is 2. The Balaban J connectivity index is 2.40. The molecule has 2 rings (SSSR count). The number of hydrogen-bond donors (Lipinski definition) is 0. The van der Waals surface area contributed by atoms with E-state index in [4.69, 9.17) is 19.5 Å². The fraction of sp³-hybridized carbons (Fsp3) is 0.333. The zero-order chi connectivity index (χ0) is 15.2. The zero-order valence-corrected chi connectivity index (χ0v) is 13.0. The predicted octanol–water partition coefficient (Wildman–Crippen LogP) is 3.24. The second kappa shape index (κ2) is 7.07. The maximum absolute atomic E-state index is 9.14. The van der Waals surface area contributed by atoms with Crippen molar-refractivity contribution in [3.8, 4) is 28.1 Å². The molecule has 110 valence electrons. The molecule has 0 bridgehead atoms. The zero-order valence-electron chi connectivity index (χ0n) is 12.2. The molecule has 0 aliphatic rings. The SMILES string of the molecule is CCOc1ccc(-c2nc(COC)c(C#N)s2)cc1OC. The number of rotatable bonds is 6. The second-order valence-corrected chi connectivity index (χ2v) is 5.14. The van der Waals surface area contributed by atoms with Crippen molar-refractivity contribution >= 4 is 11.3 Å². The first-order valence-electron chi connectivity index (χ1n) is 6.43. The second-order valence-electron chi connectivity index (χ2n) is 4.14. The van der Waals surface area contributed by atoms with Crippen LogP contribution in [0.15, 0.2) is 18.2 Å². The largest absolute Gasteiger partial charge is 0.493 e. The van der Waals surface area contributed by atoms with Gasteiger partial charge in [-0.3, -0.25) is 0 Å². The van der Waals surface area contributed by atoms with E-state index in [1.54, 1.807) is 14.2 Å². The molecule has 1 aromatic carbocycles. The van der Waals surface area contributed by atoms with Gasteiger partial charge in [-0.25, -0.2) is 4.98 Å². The number of nitriles is 1. The highest BCUT2D eigenvalue weighted by Crippen LogP contribution is 2.35. The lowest BCUT2D eigenvalue weighted by Crippen LogP contribution is -1.95. The highest BCUT2D eigenvalue weighted by atomic mass is 32.1. The third-order valence-corrected chi connectivity index (χ3v) is 3.84. The molecule has 0 aliphatic heterocycles. The smallest absolute Gasteiger partial charge is 0.161 e. The van der Waals surface area contributed by atoms with Gasteiger partial charge in [-0.1, -0.05) is 0 Å². The Labute approximate surface area is 127 Å². The molecule has 2 aromatic rings. The summed E-state index contributed by atoms with van der Waals surface area (Å²) >= 11 is 1.34. The Hall–Kier alpha value is -2.10. The van der Waals surface area contributed by atoms with Gasteiger partial charge in [0, 0.05) is 12.7 Å². The maximum Gasteiger partial charge on any atom is 0.161 e. The molecule has 5 nitrogen and oxygen atoms in total. The van der Waals surface area contributed by atoms with E-state index < -0.39 is 0 Å². The third-order valence-electron chi connectivity index (χ3n) is 2.79. The summed E-state index contributed by atoms with van der Waals surface area (Å²) in [6.45, 7) is 2.82. The molecule has 0 saturated heterocycles. The van der Waals surface area contributed by atoms with Gasteiger partial charge in [0.15, 0.2) is 11.5 Å². The van der Waals surface area contributed by atoms with E-state index in [-0.39, 0.29) is 0 Å². The van der Waals surface area contributed by atoms with Crippen molar-refractivity contribution in [2.24, 2.45) is 0 Å². The van der Waals surface area contributed by atoms with Crippen molar-refractivity contribution in [3.63, 3.8) is 0 Å². The molecule has 0 N–H and O–H groups in total. The topological polar surface area (TPSA) is 64.4 Å². The van der Waals surface area contributed by atoms with Crippen molar-refractivity contribution < 1.29 is 14.2 Å². The van der Waals surface area contributed by atoms with Gasteiger partial charge in [0.1, 0.15) is 16.0 Å². The number of benzene rings is 1. The first-order valence-corrected chi connectivity index (χ1v) is 7.25. The molecule has 0 unspecified atom stereocenters. The lowest BCUT2D eigenvalue weighted by atomic mass is 10.2. The van der Waals surface area contributed by atoms with E-state index in [2.05, 4.69) is 11.1 Å². The minimum Gasteiger partial charge on any atom is -0.493 e. The van der Waals surface area contributed by atoms with Crippen LogP contribution in [0, 0.1) is 11.3 Å². The third kappa shape index (κ3) is 3.32. The average Bonchev–Trinajstić information content (AvgIpc) is 2.91. The summed E-state index contributed by atoms with van der Waals surface area (Å²) in [5.41, 5.74) is 1.55. The summed E-state index contributed by atoms with van der Waals surface area (Å²) in [5, 5.41) is 9.90. The van der Waals surface area contributed by atoms with Gasteiger partial charge in [-0.05, 0) is 25.1 Å². The summed E-state index contributed by atoms with van der Waals surface area (Å²) in [6, 6.07) is 7.77. The Morgan fingerprint density at radius 3 is 2.71 bits per heavy atom. The van der Waals surface area contributed by atoms with Crippen molar-refractivity contribution in [3.05, 3.63) is 28.8 Å². The van der Waals surface area contributed by atoms with Crippen LogP contribution in [-0.4, -0.2) is 25.8 Å². The van der Waals surface area contributed by atoms with Gasteiger partial charge in [0.25, 0.3) is 0 Å². The van der Waals surface area contributed by atoms with Crippen LogP contribution in [0.25, 0.3) is 10.6 Å². The average molecular weight is 304 g/mol. The summed E-state index contributed by atoms with van der Waals surface area (Å²) in [4.78, 5) is 5.04. The standard InChI is InChI=1S/C15H16N2O3S/c1-4-20-12-6-5-10(7-13(12)19-3)15-17-11(9-18-2)14(8-16)21-15/h5-7H,4,9H2,1-3H3. The normalized spacial score (nSPS) is 10.2. The van der Waals surface area contributed by atoms with Crippen LogP contribution in [0.5, 0.6) is 11.5 Å². The van der Waals surface area contributed by atoms with Crippen LogP contribution in [0.2, 0.25) is 0 Å². The fourth-order valence-corrected chi connectivity index (χ4v) is 2.73. The minimum absolute atomic E-state index is 0.327. The van der Waals surface area contributed by atoms with E-state index in [1.165, 1.54) is 11.3 Å². The molecule has 0 aliphatic carbocycles. The van der Waals surface area contributed by atoms with E-state index >= 15 is 0 Å². The molecule has 0 fully saturated rings. The molecule has 0 spiro atoms. The van der Waals surface area contributed by atoms with Gasteiger partial charge in [0.2, 0.25) is 0 Å². The van der Waals surface area contributed by atoms with Crippen LogP contribution in [0.4, 0.5) is 0 Å². The molecule has 21 heavy (non-hydrogen) atoms. The summed E-state index contributed by atoms with van der Waals surface area (Å²) in [6.07, 6.45) is 0. The molecule has 0 atom stereocenters. The minimum atomic E-state index is 0.327. The van der Waals surface area contributed by atoms with Crippen LogP contribution in [0.3, 0.4) is 0 Å².